The van der Waals surface area contributed by atoms with Crippen molar-refractivity contribution in [3.05, 3.63) is 0 Å². The largest absolute Gasteiger partial charge is 0.393 e. The SMILES string of the molecule is C.C[N+]1(C)C2CC(O)C[C@H]1[C@H]1OC21. The summed E-state index contributed by atoms with van der Waals surface area (Å²) in [4.78, 5) is 0. The van der Waals surface area contributed by atoms with Gasteiger partial charge in [-0.05, 0) is 0 Å². The first-order valence-electron chi connectivity index (χ1n) is 4.77. The zero-order chi connectivity index (χ0) is 8.51. The normalized spacial score (nSPS) is 55.2. The lowest BCUT2D eigenvalue weighted by Gasteiger charge is -2.44. The number of epoxide rings is 1. The molecule has 76 valence electrons. The number of rotatable bonds is 0. The van der Waals surface area contributed by atoms with Crippen LogP contribution in [0.3, 0.4) is 0 Å². The van der Waals surface area contributed by atoms with E-state index in [-0.39, 0.29) is 13.5 Å². The van der Waals surface area contributed by atoms with Gasteiger partial charge in [-0.3, -0.25) is 0 Å². The van der Waals surface area contributed by atoms with Gasteiger partial charge in [-0.1, -0.05) is 7.43 Å². The predicted molar refractivity (Wildman–Crippen MR) is 50.3 cm³/mol. The molecule has 0 aromatic carbocycles. The molecule has 3 rings (SSSR count). The molecule has 3 nitrogen and oxygen atoms in total. The van der Waals surface area contributed by atoms with Crippen LogP contribution >= 0.6 is 0 Å². The van der Waals surface area contributed by atoms with Crippen molar-refractivity contribution in [1.82, 2.24) is 0 Å². The molecule has 3 unspecified atom stereocenters. The number of morpholine rings is 1. The maximum absolute atomic E-state index is 9.60. The second-order valence-corrected chi connectivity index (χ2v) is 4.95. The highest BCUT2D eigenvalue weighted by atomic mass is 16.6. The topological polar surface area (TPSA) is 32.8 Å². The van der Waals surface area contributed by atoms with Gasteiger partial charge >= 0.3 is 0 Å². The molecule has 3 heteroatoms. The fourth-order valence-electron chi connectivity index (χ4n) is 3.22. The Balaban J connectivity index is 0.000000653. The van der Waals surface area contributed by atoms with Crippen molar-refractivity contribution in [2.45, 2.75) is 50.7 Å². The van der Waals surface area contributed by atoms with Crippen molar-refractivity contribution < 1.29 is 14.3 Å². The molecule has 13 heavy (non-hydrogen) atoms. The van der Waals surface area contributed by atoms with Crippen molar-refractivity contribution >= 4 is 0 Å². The molecular weight excluding hydrogens is 166 g/mol. The summed E-state index contributed by atoms with van der Waals surface area (Å²) in [5.41, 5.74) is 0. The Kier molecular flexibility index (Phi) is 1.79. The number of hydrogen-bond acceptors (Lipinski definition) is 2. The van der Waals surface area contributed by atoms with E-state index in [1.165, 1.54) is 0 Å². The highest BCUT2D eigenvalue weighted by Crippen LogP contribution is 2.50. The Morgan fingerprint density at radius 1 is 1.15 bits per heavy atom. The van der Waals surface area contributed by atoms with Gasteiger partial charge in [-0.25, -0.2) is 0 Å². The quantitative estimate of drug-likeness (QED) is 0.438. The van der Waals surface area contributed by atoms with Crippen LogP contribution in [0.5, 0.6) is 0 Å². The molecule has 0 aromatic rings. The minimum atomic E-state index is -0.0671. The zero-order valence-corrected chi connectivity index (χ0v) is 7.60. The monoisotopic (exact) mass is 186 g/mol. The maximum atomic E-state index is 9.60. The lowest BCUT2D eigenvalue weighted by atomic mass is 9.97. The molecule has 0 aromatic heterocycles. The number of likely N-dealkylation sites (N-methyl/N-ethyl adjacent to an activating group) is 1. The number of nitrogens with zero attached hydrogens (tertiary/aromatic N) is 1. The van der Waals surface area contributed by atoms with Gasteiger partial charge in [0, 0.05) is 12.8 Å². The average Bonchev–Trinajstić information content (AvgIpc) is 2.66. The van der Waals surface area contributed by atoms with Crippen LogP contribution in [-0.4, -0.2) is 54.1 Å². The third kappa shape index (κ3) is 1.01. The fraction of sp³-hybridized carbons (Fsp3) is 1.00. The molecule has 0 aliphatic carbocycles. The van der Waals surface area contributed by atoms with Crippen molar-refractivity contribution in [2.24, 2.45) is 0 Å². The Bertz CT molecular complexity index is 209. The Hall–Kier alpha value is -0.120. The zero-order valence-electron chi connectivity index (χ0n) is 7.60. The first-order chi connectivity index (χ1) is 5.60. The summed E-state index contributed by atoms with van der Waals surface area (Å²) in [5, 5.41) is 9.60. The van der Waals surface area contributed by atoms with Crippen molar-refractivity contribution in [3.8, 4) is 0 Å². The van der Waals surface area contributed by atoms with Gasteiger partial charge in [0.25, 0.3) is 0 Å². The van der Waals surface area contributed by atoms with Gasteiger partial charge < -0.3 is 14.3 Å². The van der Waals surface area contributed by atoms with Crippen molar-refractivity contribution in [2.75, 3.05) is 14.1 Å². The number of hydrogen-bond donors (Lipinski definition) is 1. The molecule has 0 spiro atoms. The lowest BCUT2D eigenvalue weighted by Crippen LogP contribution is -2.59. The molecule has 3 heterocycles. The second kappa shape index (κ2) is 2.47. The standard InChI is InChI=1S/C9H16NO2.CH4/c1-10(2)6-3-5(11)4-7(10)9-8(6)12-9;/h5-9,11H,3-4H2,1-2H3;1H4/q+1;/t5?,6-,7?,8+,9?;/m0./s1. The van der Waals surface area contributed by atoms with Gasteiger partial charge in [0.2, 0.25) is 0 Å². The number of piperidine rings is 1. The highest BCUT2D eigenvalue weighted by Gasteiger charge is 2.70. The van der Waals surface area contributed by atoms with Gasteiger partial charge in [0.05, 0.1) is 20.2 Å². The maximum Gasteiger partial charge on any atom is 0.142 e. The predicted octanol–water partition coefficient (Wildman–Crippen LogP) is 0.372. The van der Waals surface area contributed by atoms with Crippen LogP contribution in [0.15, 0.2) is 0 Å². The minimum Gasteiger partial charge on any atom is -0.393 e. The third-order valence-electron chi connectivity index (χ3n) is 4.06. The van der Waals surface area contributed by atoms with Crippen LogP contribution in [0.4, 0.5) is 0 Å². The lowest BCUT2D eigenvalue weighted by molar-refractivity contribution is -0.938. The first-order valence-corrected chi connectivity index (χ1v) is 4.77. The molecule has 0 radical (unpaired) electrons. The molecule has 3 fully saturated rings. The van der Waals surface area contributed by atoms with Gasteiger partial charge in [-0.2, -0.15) is 0 Å². The van der Waals surface area contributed by atoms with E-state index in [4.69, 9.17) is 4.74 Å². The summed E-state index contributed by atoms with van der Waals surface area (Å²) in [6, 6.07) is 1.12. The molecule has 1 N–H and O–H groups in total. The van der Waals surface area contributed by atoms with Crippen molar-refractivity contribution in [1.29, 1.82) is 0 Å². The van der Waals surface area contributed by atoms with E-state index in [0.717, 1.165) is 17.3 Å². The molecule has 0 amide bonds. The summed E-state index contributed by atoms with van der Waals surface area (Å²) in [6.07, 6.45) is 2.75. The van der Waals surface area contributed by atoms with Crippen LogP contribution in [0.25, 0.3) is 0 Å². The summed E-state index contributed by atoms with van der Waals surface area (Å²) in [7, 11) is 4.55. The molecular formula is C10H20NO2+. The summed E-state index contributed by atoms with van der Waals surface area (Å²) in [5.74, 6) is 0. The highest BCUT2D eigenvalue weighted by molar-refractivity contribution is 5.07. The minimum absolute atomic E-state index is 0. The molecule has 2 bridgehead atoms. The first kappa shape index (κ1) is 9.44. The molecule has 3 aliphatic heterocycles. The van der Waals surface area contributed by atoms with Crippen LogP contribution in [0.1, 0.15) is 20.3 Å². The average molecular weight is 186 g/mol. The molecule has 0 saturated carbocycles. The van der Waals surface area contributed by atoms with E-state index in [1.54, 1.807) is 0 Å². The number of ether oxygens (including phenoxy) is 1. The third-order valence-corrected chi connectivity index (χ3v) is 4.06. The van der Waals surface area contributed by atoms with Gasteiger partial charge in [0.1, 0.15) is 24.3 Å². The van der Waals surface area contributed by atoms with E-state index >= 15 is 0 Å². The van der Waals surface area contributed by atoms with Gasteiger partial charge in [-0.15, -0.1) is 0 Å². The second-order valence-electron chi connectivity index (χ2n) is 4.95. The van der Waals surface area contributed by atoms with Crippen LogP contribution < -0.4 is 0 Å². The Morgan fingerprint density at radius 2 is 1.62 bits per heavy atom. The van der Waals surface area contributed by atoms with Gasteiger partial charge in [0.15, 0.2) is 0 Å². The molecule has 5 atom stereocenters. The number of fused-ring (bicyclic) bond motifs is 5. The van der Waals surface area contributed by atoms with Crippen LogP contribution in [0.2, 0.25) is 0 Å². The van der Waals surface area contributed by atoms with E-state index in [9.17, 15) is 5.11 Å². The number of aliphatic hydroxyl groups is 1. The van der Waals surface area contributed by atoms with Crippen molar-refractivity contribution in [3.63, 3.8) is 0 Å². The number of aliphatic hydroxyl groups excluding tert-OH is 1. The summed E-state index contributed by atoms with van der Waals surface area (Å²) in [6.45, 7) is 0. The van der Waals surface area contributed by atoms with Crippen LogP contribution in [-0.2, 0) is 4.74 Å². The molecule has 3 aliphatic rings. The van der Waals surface area contributed by atoms with Crippen LogP contribution in [0, 0.1) is 0 Å². The fourth-order valence-corrected chi connectivity index (χ4v) is 3.22. The molecule has 3 saturated heterocycles. The smallest absolute Gasteiger partial charge is 0.142 e. The van der Waals surface area contributed by atoms with E-state index in [1.807, 2.05) is 0 Å². The Morgan fingerprint density at radius 3 is 2.08 bits per heavy atom. The van der Waals surface area contributed by atoms with E-state index in [2.05, 4.69) is 14.1 Å². The number of quaternary nitrogens is 1. The van der Waals surface area contributed by atoms with E-state index < -0.39 is 0 Å². The Labute approximate surface area is 79.9 Å². The summed E-state index contributed by atoms with van der Waals surface area (Å²) < 4.78 is 6.65. The van der Waals surface area contributed by atoms with E-state index in [0.29, 0.717) is 24.3 Å². The summed E-state index contributed by atoms with van der Waals surface area (Å²) >= 11 is 0.